The summed E-state index contributed by atoms with van der Waals surface area (Å²) >= 11 is 5.01. The fraction of sp³-hybridized carbons (Fsp3) is 0.214. The van der Waals surface area contributed by atoms with Crippen LogP contribution in [-0.2, 0) is 0 Å². The molecule has 0 amide bonds. The van der Waals surface area contributed by atoms with E-state index in [1.165, 1.54) is 0 Å². The van der Waals surface area contributed by atoms with Gasteiger partial charge in [-0.15, -0.1) is 11.3 Å². The topological polar surface area (TPSA) is 50.7 Å². The lowest BCUT2D eigenvalue weighted by Crippen LogP contribution is -1.95. The summed E-state index contributed by atoms with van der Waals surface area (Å²) in [7, 11) is 0. The summed E-state index contributed by atoms with van der Waals surface area (Å²) in [5.41, 5.74) is 3.72. The van der Waals surface area contributed by atoms with Crippen LogP contribution in [0.15, 0.2) is 34.4 Å². The van der Waals surface area contributed by atoms with Gasteiger partial charge in [0, 0.05) is 22.2 Å². The fourth-order valence-electron chi connectivity index (χ4n) is 1.83. The number of fused-ring (bicyclic) bond motifs is 1. The van der Waals surface area contributed by atoms with Crippen molar-refractivity contribution in [2.45, 2.75) is 19.8 Å². The van der Waals surface area contributed by atoms with Crippen molar-refractivity contribution in [1.82, 2.24) is 15.0 Å². The third-order valence-electron chi connectivity index (χ3n) is 2.90. The second-order valence-electron chi connectivity index (χ2n) is 4.74. The average Bonchev–Trinajstić information content (AvgIpc) is 2.87. The van der Waals surface area contributed by atoms with E-state index in [2.05, 4.69) is 55.4 Å². The first-order valence-electron chi connectivity index (χ1n) is 6.26. The highest BCUT2D eigenvalue weighted by molar-refractivity contribution is 9.10. The second kappa shape index (κ2) is 5.46. The zero-order valence-electron chi connectivity index (χ0n) is 11.1. The van der Waals surface area contributed by atoms with Crippen molar-refractivity contribution in [3.8, 4) is 0 Å². The largest absolute Gasteiger partial charge is 0.330 e. The molecule has 0 saturated heterocycles. The van der Waals surface area contributed by atoms with E-state index in [0.29, 0.717) is 5.92 Å². The summed E-state index contributed by atoms with van der Waals surface area (Å²) in [5, 5.41) is 6.30. The van der Waals surface area contributed by atoms with Gasteiger partial charge in [0.1, 0.15) is 5.52 Å². The number of halogens is 1. The molecule has 3 heterocycles. The van der Waals surface area contributed by atoms with Crippen molar-refractivity contribution in [2.75, 3.05) is 5.32 Å². The van der Waals surface area contributed by atoms with Gasteiger partial charge >= 0.3 is 0 Å². The Morgan fingerprint density at radius 3 is 2.90 bits per heavy atom. The van der Waals surface area contributed by atoms with Gasteiger partial charge in [-0.3, -0.25) is 9.97 Å². The first-order valence-corrected chi connectivity index (χ1v) is 7.93. The van der Waals surface area contributed by atoms with Crippen molar-refractivity contribution in [1.29, 1.82) is 0 Å². The van der Waals surface area contributed by atoms with Crippen LogP contribution in [0.25, 0.3) is 11.0 Å². The van der Waals surface area contributed by atoms with Gasteiger partial charge in [0.05, 0.1) is 16.9 Å². The Bertz CT molecular complexity index is 754. The second-order valence-corrected chi connectivity index (χ2v) is 6.51. The Balaban J connectivity index is 1.97. The molecule has 1 N–H and O–H groups in total. The van der Waals surface area contributed by atoms with Gasteiger partial charge in [0.25, 0.3) is 0 Å². The number of pyridine rings is 2. The van der Waals surface area contributed by atoms with Gasteiger partial charge in [-0.1, -0.05) is 13.8 Å². The maximum Gasteiger partial charge on any atom is 0.187 e. The lowest BCUT2D eigenvalue weighted by atomic mass is 10.2. The van der Waals surface area contributed by atoms with E-state index in [1.807, 2.05) is 12.1 Å². The average molecular weight is 349 g/mol. The third kappa shape index (κ3) is 2.66. The zero-order chi connectivity index (χ0) is 14.1. The molecule has 0 unspecified atom stereocenters. The number of hydrogen-bond acceptors (Lipinski definition) is 5. The number of anilines is 2. The molecule has 0 saturated carbocycles. The molecule has 20 heavy (non-hydrogen) atoms. The number of nitrogens with one attached hydrogen (secondary N) is 1. The van der Waals surface area contributed by atoms with E-state index in [-0.39, 0.29) is 0 Å². The fourth-order valence-corrected chi connectivity index (χ4v) is 3.03. The number of aromatic nitrogens is 3. The number of hydrogen-bond donors (Lipinski definition) is 1. The summed E-state index contributed by atoms with van der Waals surface area (Å²) in [6, 6.07) is 3.87. The van der Waals surface area contributed by atoms with E-state index in [9.17, 15) is 0 Å². The van der Waals surface area contributed by atoms with Crippen LogP contribution < -0.4 is 5.32 Å². The molecule has 0 bridgehead atoms. The minimum Gasteiger partial charge on any atom is -0.330 e. The molecule has 0 radical (unpaired) electrons. The SMILES string of the molecule is CC(C)c1csc(Nc2ccnc3cc(Br)cnc23)n1. The minimum atomic E-state index is 0.435. The summed E-state index contributed by atoms with van der Waals surface area (Å²) < 4.78 is 0.922. The van der Waals surface area contributed by atoms with E-state index in [4.69, 9.17) is 0 Å². The zero-order valence-corrected chi connectivity index (χ0v) is 13.5. The smallest absolute Gasteiger partial charge is 0.187 e. The van der Waals surface area contributed by atoms with E-state index < -0.39 is 0 Å². The normalized spacial score (nSPS) is 11.2. The van der Waals surface area contributed by atoms with Crippen LogP contribution in [0.1, 0.15) is 25.5 Å². The lowest BCUT2D eigenvalue weighted by Gasteiger charge is -2.06. The van der Waals surface area contributed by atoms with Crippen LogP contribution in [0.2, 0.25) is 0 Å². The molecule has 6 heteroatoms. The van der Waals surface area contributed by atoms with Gasteiger partial charge in [-0.05, 0) is 34.0 Å². The van der Waals surface area contributed by atoms with Gasteiger partial charge in [-0.25, -0.2) is 4.98 Å². The van der Waals surface area contributed by atoms with Crippen molar-refractivity contribution in [3.05, 3.63) is 40.1 Å². The summed E-state index contributed by atoms with van der Waals surface area (Å²) in [6.45, 7) is 4.28. The quantitative estimate of drug-likeness (QED) is 0.744. The molecule has 0 fully saturated rings. The number of rotatable bonds is 3. The summed E-state index contributed by atoms with van der Waals surface area (Å²) in [5.74, 6) is 0.435. The molecular formula is C14H13BrN4S. The number of nitrogens with zero attached hydrogens (tertiary/aromatic N) is 3. The standard InChI is InChI=1S/C14H13BrN4S/c1-8(2)12-7-20-14(19-12)18-10-3-4-16-11-5-9(15)6-17-13(10)11/h3-8H,1-2H3,(H,16,18,19). The van der Waals surface area contributed by atoms with E-state index in [0.717, 1.165) is 32.0 Å². The Morgan fingerprint density at radius 1 is 1.30 bits per heavy atom. The van der Waals surface area contributed by atoms with Crippen molar-refractivity contribution in [3.63, 3.8) is 0 Å². The summed E-state index contributed by atoms with van der Waals surface area (Å²) in [4.78, 5) is 13.3. The van der Waals surface area contributed by atoms with E-state index in [1.54, 1.807) is 23.7 Å². The molecule has 3 rings (SSSR count). The van der Waals surface area contributed by atoms with Crippen molar-refractivity contribution >= 4 is 49.1 Å². The first kappa shape index (κ1) is 13.5. The Hall–Kier alpha value is -1.53. The van der Waals surface area contributed by atoms with Crippen LogP contribution in [0.5, 0.6) is 0 Å². The van der Waals surface area contributed by atoms with Gasteiger partial charge in [0.2, 0.25) is 0 Å². The Kier molecular flexibility index (Phi) is 3.67. The molecular weight excluding hydrogens is 336 g/mol. The monoisotopic (exact) mass is 348 g/mol. The minimum absolute atomic E-state index is 0.435. The molecule has 0 aliphatic carbocycles. The molecule has 0 aromatic carbocycles. The molecule has 3 aromatic rings. The maximum absolute atomic E-state index is 4.58. The molecule has 0 aliphatic rings. The third-order valence-corrected chi connectivity index (χ3v) is 4.11. The van der Waals surface area contributed by atoms with Crippen LogP contribution in [0.4, 0.5) is 10.8 Å². The molecule has 0 spiro atoms. The Labute approximate surface area is 129 Å². The predicted octanol–water partition coefficient (Wildman–Crippen LogP) is 4.72. The number of thiazole rings is 1. The van der Waals surface area contributed by atoms with E-state index >= 15 is 0 Å². The lowest BCUT2D eigenvalue weighted by molar-refractivity contribution is 0.834. The van der Waals surface area contributed by atoms with Gasteiger partial charge < -0.3 is 5.32 Å². The van der Waals surface area contributed by atoms with Crippen LogP contribution in [-0.4, -0.2) is 15.0 Å². The van der Waals surface area contributed by atoms with Crippen molar-refractivity contribution < 1.29 is 0 Å². The van der Waals surface area contributed by atoms with Crippen LogP contribution in [0.3, 0.4) is 0 Å². The first-order chi connectivity index (χ1) is 9.63. The molecule has 0 atom stereocenters. The highest BCUT2D eigenvalue weighted by Gasteiger charge is 2.08. The van der Waals surface area contributed by atoms with Gasteiger partial charge in [0.15, 0.2) is 5.13 Å². The highest BCUT2D eigenvalue weighted by atomic mass is 79.9. The van der Waals surface area contributed by atoms with Crippen LogP contribution >= 0.6 is 27.3 Å². The maximum atomic E-state index is 4.58. The van der Waals surface area contributed by atoms with Gasteiger partial charge in [-0.2, -0.15) is 0 Å². The molecule has 0 aliphatic heterocycles. The predicted molar refractivity (Wildman–Crippen MR) is 86.7 cm³/mol. The summed E-state index contributed by atoms with van der Waals surface area (Å²) in [6.07, 6.45) is 3.55. The highest BCUT2D eigenvalue weighted by Crippen LogP contribution is 2.28. The molecule has 3 aromatic heterocycles. The molecule has 102 valence electrons. The van der Waals surface area contributed by atoms with Crippen LogP contribution in [0, 0.1) is 0 Å². The molecule has 4 nitrogen and oxygen atoms in total. The van der Waals surface area contributed by atoms with Crippen molar-refractivity contribution in [2.24, 2.45) is 0 Å². The Morgan fingerprint density at radius 2 is 2.15 bits per heavy atom.